The van der Waals surface area contributed by atoms with Crippen molar-refractivity contribution in [1.29, 1.82) is 0 Å². The van der Waals surface area contributed by atoms with Crippen LogP contribution in [-0.4, -0.2) is 23.5 Å². The molecule has 2 aliphatic carbocycles. The Kier molecular flexibility index (Phi) is 5.83. The lowest BCUT2D eigenvalue weighted by Crippen LogP contribution is -2.41. The van der Waals surface area contributed by atoms with Gasteiger partial charge in [0, 0.05) is 6.54 Å². The van der Waals surface area contributed by atoms with E-state index in [4.69, 9.17) is 0 Å². The van der Waals surface area contributed by atoms with Gasteiger partial charge < -0.3 is 10.4 Å². The fourth-order valence-corrected chi connectivity index (χ4v) is 3.60. The van der Waals surface area contributed by atoms with Crippen molar-refractivity contribution >= 4 is 11.9 Å². The molecule has 1 fully saturated rings. The zero-order valence-corrected chi connectivity index (χ0v) is 12.9. The Bertz CT molecular complexity index is 397. The van der Waals surface area contributed by atoms with Gasteiger partial charge in [0.15, 0.2) is 0 Å². The van der Waals surface area contributed by atoms with E-state index in [9.17, 15) is 14.7 Å². The van der Waals surface area contributed by atoms with Gasteiger partial charge in [-0.2, -0.15) is 0 Å². The van der Waals surface area contributed by atoms with Gasteiger partial charge in [-0.1, -0.05) is 38.3 Å². The molecule has 2 atom stereocenters. The van der Waals surface area contributed by atoms with Crippen molar-refractivity contribution in [2.24, 2.45) is 23.7 Å². The summed E-state index contributed by atoms with van der Waals surface area (Å²) in [4.78, 5) is 23.5. The molecule has 1 amide bonds. The number of allylic oxidation sites excluding steroid dienone is 2. The lowest BCUT2D eigenvalue weighted by Gasteiger charge is -2.29. The smallest absolute Gasteiger partial charge is 0.307 e. The molecule has 0 heterocycles. The molecular formula is C17H27NO3. The monoisotopic (exact) mass is 293 g/mol. The van der Waals surface area contributed by atoms with Crippen LogP contribution >= 0.6 is 0 Å². The van der Waals surface area contributed by atoms with E-state index in [0.29, 0.717) is 25.3 Å². The Labute approximate surface area is 127 Å². The molecular weight excluding hydrogens is 266 g/mol. The number of hydrogen-bond donors (Lipinski definition) is 2. The van der Waals surface area contributed by atoms with E-state index >= 15 is 0 Å². The predicted molar refractivity (Wildman–Crippen MR) is 81.7 cm³/mol. The topological polar surface area (TPSA) is 66.4 Å². The standard InChI is InChI=1S/C17H27NO3/c1-2-12-7-9-13(10-8-12)11-18-16(19)14-5-3-4-6-15(14)17(20)21/h3-4,12-15H,2,5-11H2,1H3,(H,18,19)(H,20,21). The predicted octanol–water partition coefficient (Wildman–Crippen LogP) is 2.99. The third-order valence-corrected chi connectivity index (χ3v) is 5.20. The van der Waals surface area contributed by atoms with E-state index in [-0.39, 0.29) is 5.91 Å². The summed E-state index contributed by atoms with van der Waals surface area (Å²) in [5, 5.41) is 12.2. The molecule has 0 spiro atoms. The highest BCUT2D eigenvalue weighted by molar-refractivity contribution is 5.85. The van der Waals surface area contributed by atoms with Crippen LogP contribution < -0.4 is 5.32 Å². The Balaban J connectivity index is 1.79. The quantitative estimate of drug-likeness (QED) is 0.766. The molecule has 2 aliphatic rings. The second-order valence-electron chi connectivity index (χ2n) is 6.53. The van der Waals surface area contributed by atoms with Crippen molar-refractivity contribution in [3.8, 4) is 0 Å². The zero-order chi connectivity index (χ0) is 15.2. The molecule has 0 radical (unpaired) electrons. The maximum Gasteiger partial charge on any atom is 0.307 e. The molecule has 2 rings (SSSR count). The summed E-state index contributed by atoms with van der Waals surface area (Å²) >= 11 is 0. The van der Waals surface area contributed by atoms with Crippen LogP contribution in [0.4, 0.5) is 0 Å². The number of aliphatic carboxylic acids is 1. The number of carboxylic acid groups (broad SMARTS) is 1. The molecule has 4 nitrogen and oxygen atoms in total. The summed E-state index contributed by atoms with van der Waals surface area (Å²) in [5.74, 6) is -0.478. The van der Waals surface area contributed by atoms with E-state index in [1.165, 1.54) is 32.1 Å². The van der Waals surface area contributed by atoms with Crippen LogP contribution in [0, 0.1) is 23.7 Å². The van der Waals surface area contributed by atoms with Crippen LogP contribution in [0.5, 0.6) is 0 Å². The number of amides is 1. The van der Waals surface area contributed by atoms with E-state index in [1.54, 1.807) is 0 Å². The minimum absolute atomic E-state index is 0.0793. The summed E-state index contributed by atoms with van der Waals surface area (Å²) in [6.07, 6.45) is 11.0. The normalized spacial score (nSPS) is 32.6. The van der Waals surface area contributed by atoms with Gasteiger partial charge in [0.1, 0.15) is 0 Å². The minimum Gasteiger partial charge on any atom is -0.481 e. The third-order valence-electron chi connectivity index (χ3n) is 5.20. The Morgan fingerprint density at radius 1 is 1.05 bits per heavy atom. The molecule has 4 heteroatoms. The van der Waals surface area contributed by atoms with Gasteiger partial charge in [0.2, 0.25) is 5.91 Å². The van der Waals surface area contributed by atoms with Crippen LogP contribution in [0.1, 0.15) is 51.9 Å². The van der Waals surface area contributed by atoms with Crippen molar-refractivity contribution < 1.29 is 14.7 Å². The van der Waals surface area contributed by atoms with Crippen LogP contribution in [0.3, 0.4) is 0 Å². The zero-order valence-electron chi connectivity index (χ0n) is 12.9. The van der Waals surface area contributed by atoms with E-state index in [2.05, 4.69) is 12.2 Å². The fourth-order valence-electron chi connectivity index (χ4n) is 3.60. The first-order valence-electron chi connectivity index (χ1n) is 8.27. The number of carbonyl (C=O) groups is 2. The third kappa shape index (κ3) is 4.32. The number of hydrogen-bond acceptors (Lipinski definition) is 2. The summed E-state index contributed by atoms with van der Waals surface area (Å²) in [7, 11) is 0. The summed E-state index contributed by atoms with van der Waals surface area (Å²) in [6.45, 7) is 2.96. The summed E-state index contributed by atoms with van der Waals surface area (Å²) < 4.78 is 0. The average molecular weight is 293 g/mol. The molecule has 0 aromatic heterocycles. The molecule has 118 valence electrons. The summed E-state index contributed by atoms with van der Waals surface area (Å²) in [5.41, 5.74) is 0. The van der Waals surface area contributed by atoms with Gasteiger partial charge in [-0.15, -0.1) is 0 Å². The van der Waals surface area contributed by atoms with Crippen LogP contribution in [0.2, 0.25) is 0 Å². The molecule has 1 saturated carbocycles. The maximum absolute atomic E-state index is 12.3. The van der Waals surface area contributed by atoms with Crippen molar-refractivity contribution in [3.05, 3.63) is 12.2 Å². The minimum atomic E-state index is -0.858. The molecule has 0 aliphatic heterocycles. The van der Waals surface area contributed by atoms with Gasteiger partial charge >= 0.3 is 5.97 Å². The first-order chi connectivity index (χ1) is 10.1. The van der Waals surface area contributed by atoms with Gasteiger partial charge in [0.05, 0.1) is 11.8 Å². The van der Waals surface area contributed by atoms with Crippen LogP contribution in [0.15, 0.2) is 12.2 Å². The van der Waals surface area contributed by atoms with Gasteiger partial charge in [0.25, 0.3) is 0 Å². The summed E-state index contributed by atoms with van der Waals surface area (Å²) in [6, 6.07) is 0. The molecule has 0 aromatic rings. The van der Waals surface area contributed by atoms with E-state index in [1.807, 2.05) is 12.2 Å². The Hall–Kier alpha value is -1.32. The van der Waals surface area contributed by atoms with Crippen molar-refractivity contribution in [2.75, 3.05) is 6.54 Å². The molecule has 2 N–H and O–H groups in total. The SMILES string of the molecule is CCC1CCC(CNC(=O)C2CC=CCC2C(=O)O)CC1. The van der Waals surface area contributed by atoms with Crippen molar-refractivity contribution in [1.82, 2.24) is 5.32 Å². The second kappa shape index (κ2) is 7.62. The highest BCUT2D eigenvalue weighted by atomic mass is 16.4. The average Bonchev–Trinajstić information content (AvgIpc) is 2.53. The van der Waals surface area contributed by atoms with Gasteiger partial charge in [-0.05, 0) is 37.5 Å². The van der Waals surface area contributed by atoms with Crippen molar-refractivity contribution in [3.63, 3.8) is 0 Å². The van der Waals surface area contributed by atoms with Crippen molar-refractivity contribution in [2.45, 2.75) is 51.9 Å². The van der Waals surface area contributed by atoms with Crippen LogP contribution in [-0.2, 0) is 9.59 Å². The molecule has 0 saturated heterocycles. The Morgan fingerprint density at radius 3 is 2.19 bits per heavy atom. The Morgan fingerprint density at radius 2 is 1.62 bits per heavy atom. The largest absolute Gasteiger partial charge is 0.481 e. The second-order valence-corrected chi connectivity index (χ2v) is 6.53. The highest BCUT2D eigenvalue weighted by Gasteiger charge is 2.34. The number of carbonyl (C=O) groups excluding carboxylic acids is 1. The molecule has 0 bridgehead atoms. The number of rotatable bonds is 5. The molecule has 21 heavy (non-hydrogen) atoms. The van der Waals surface area contributed by atoms with Gasteiger partial charge in [-0.3, -0.25) is 9.59 Å². The highest BCUT2D eigenvalue weighted by Crippen LogP contribution is 2.30. The number of carboxylic acids is 1. The maximum atomic E-state index is 12.3. The fraction of sp³-hybridized carbons (Fsp3) is 0.765. The lowest BCUT2D eigenvalue weighted by atomic mass is 9.80. The van der Waals surface area contributed by atoms with Gasteiger partial charge in [-0.25, -0.2) is 0 Å². The van der Waals surface area contributed by atoms with E-state index < -0.39 is 17.8 Å². The van der Waals surface area contributed by atoms with E-state index in [0.717, 1.165) is 5.92 Å². The first kappa shape index (κ1) is 16.1. The first-order valence-corrected chi connectivity index (χ1v) is 8.27. The molecule has 0 aromatic carbocycles. The lowest BCUT2D eigenvalue weighted by molar-refractivity contribution is -0.147. The van der Waals surface area contributed by atoms with Crippen LogP contribution in [0.25, 0.3) is 0 Å². The number of nitrogens with one attached hydrogen (secondary N) is 1. The molecule has 2 unspecified atom stereocenters.